The molecule has 2 aromatic rings. The Labute approximate surface area is 193 Å². The summed E-state index contributed by atoms with van der Waals surface area (Å²) in [5.74, 6) is -1.21. The molecule has 2 amide bonds. The fraction of sp³-hybridized carbons (Fsp3) is 0.435. The number of ketones is 1. The zero-order valence-corrected chi connectivity index (χ0v) is 19.9. The molecule has 2 aliphatic rings. The second-order valence-electron chi connectivity index (χ2n) is 8.57. The predicted octanol–water partition coefficient (Wildman–Crippen LogP) is 1.07. The van der Waals surface area contributed by atoms with Crippen LogP contribution in [0.5, 0.6) is 0 Å². The molecule has 0 radical (unpaired) electrons. The maximum atomic E-state index is 12.9. The van der Waals surface area contributed by atoms with Gasteiger partial charge in [0.1, 0.15) is 0 Å². The molecule has 4 rings (SSSR count). The third-order valence-electron chi connectivity index (χ3n) is 6.62. The smallest absolute Gasteiger partial charge is 0.261 e. The first kappa shape index (κ1) is 23.3. The van der Waals surface area contributed by atoms with E-state index < -0.39 is 21.8 Å². The standard InChI is InChI=1S/C23H28N4O5S/c1-16-14-20(17(2)24(16)3)21(28)15-25-8-10-26(11-9-25)33(31,32)13-12-27-22(29)18-6-4-5-7-19(18)23(27)30/h4-7,14H,8-13,15H2,1-3H3. The van der Waals surface area contributed by atoms with Gasteiger partial charge >= 0.3 is 0 Å². The summed E-state index contributed by atoms with van der Waals surface area (Å²) >= 11 is 0. The number of fused-ring (bicyclic) bond motifs is 1. The third-order valence-corrected chi connectivity index (χ3v) is 8.47. The van der Waals surface area contributed by atoms with Gasteiger partial charge in [0.25, 0.3) is 11.8 Å². The summed E-state index contributed by atoms with van der Waals surface area (Å²) in [6, 6.07) is 8.38. The number of sulfonamides is 1. The highest BCUT2D eigenvalue weighted by molar-refractivity contribution is 7.89. The number of Topliss-reactive ketones (excluding diaryl/α,β-unsaturated/α-hetero) is 1. The molecular formula is C23H28N4O5S. The quantitative estimate of drug-likeness (QED) is 0.442. The van der Waals surface area contributed by atoms with Gasteiger partial charge in [-0.2, -0.15) is 4.31 Å². The topological polar surface area (TPSA) is 100 Å². The van der Waals surface area contributed by atoms with E-state index in [0.29, 0.717) is 29.8 Å². The number of aryl methyl sites for hydroxylation is 1. The van der Waals surface area contributed by atoms with Crippen molar-refractivity contribution in [3.8, 4) is 0 Å². The molecule has 33 heavy (non-hydrogen) atoms. The lowest BCUT2D eigenvalue weighted by Gasteiger charge is -2.33. The van der Waals surface area contributed by atoms with Crippen LogP contribution in [0.3, 0.4) is 0 Å². The number of rotatable bonds is 7. The number of carbonyl (C=O) groups excluding carboxylic acids is 3. The number of benzene rings is 1. The van der Waals surface area contributed by atoms with Crippen molar-refractivity contribution < 1.29 is 22.8 Å². The first-order valence-corrected chi connectivity index (χ1v) is 12.5. The zero-order chi connectivity index (χ0) is 23.9. The molecule has 0 aliphatic carbocycles. The Morgan fingerprint density at radius 1 is 0.970 bits per heavy atom. The predicted molar refractivity (Wildman–Crippen MR) is 123 cm³/mol. The van der Waals surface area contributed by atoms with E-state index in [1.54, 1.807) is 24.3 Å². The molecule has 1 fully saturated rings. The molecule has 0 spiro atoms. The summed E-state index contributed by atoms with van der Waals surface area (Å²) in [4.78, 5) is 40.6. The zero-order valence-electron chi connectivity index (χ0n) is 19.1. The van der Waals surface area contributed by atoms with Crippen LogP contribution in [0.15, 0.2) is 30.3 Å². The van der Waals surface area contributed by atoms with Crippen molar-refractivity contribution in [1.82, 2.24) is 18.7 Å². The second kappa shape index (κ2) is 8.85. The van der Waals surface area contributed by atoms with Crippen LogP contribution in [-0.2, 0) is 17.1 Å². The first-order chi connectivity index (χ1) is 15.6. The third kappa shape index (κ3) is 4.38. The van der Waals surface area contributed by atoms with Crippen LogP contribution < -0.4 is 0 Å². The highest BCUT2D eigenvalue weighted by Crippen LogP contribution is 2.22. The molecule has 1 saturated heterocycles. The molecule has 1 aromatic carbocycles. The second-order valence-corrected chi connectivity index (χ2v) is 10.7. The van der Waals surface area contributed by atoms with Crippen LogP contribution >= 0.6 is 0 Å². The normalized spacial score (nSPS) is 17.6. The Balaban J connectivity index is 1.31. The highest BCUT2D eigenvalue weighted by Gasteiger charge is 2.36. The number of imide groups is 1. The van der Waals surface area contributed by atoms with E-state index in [0.717, 1.165) is 16.3 Å². The minimum atomic E-state index is -3.65. The Morgan fingerprint density at radius 2 is 1.55 bits per heavy atom. The van der Waals surface area contributed by atoms with Crippen LogP contribution in [0.4, 0.5) is 0 Å². The van der Waals surface area contributed by atoms with Crippen molar-refractivity contribution in [2.45, 2.75) is 13.8 Å². The van der Waals surface area contributed by atoms with Crippen molar-refractivity contribution in [3.63, 3.8) is 0 Å². The highest BCUT2D eigenvalue weighted by atomic mass is 32.2. The maximum Gasteiger partial charge on any atom is 0.261 e. The molecule has 0 bridgehead atoms. The monoisotopic (exact) mass is 472 g/mol. The number of amides is 2. The lowest BCUT2D eigenvalue weighted by Crippen LogP contribution is -2.51. The summed E-state index contributed by atoms with van der Waals surface area (Å²) in [5, 5.41) is 0. The van der Waals surface area contributed by atoms with Crippen LogP contribution in [0, 0.1) is 13.8 Å². The minimum absolute atomic E-state index is 0.0260. The van der Waals surface area contributed by atoms with Gasteiger partial charge in [0.2, 0.25) is 10.0 Å². The number of hydrogen-bond acceptors (Lipinski definition) is 6. The van der Waals surface area contributed by atoms with Crippen molar-refractivity contribution in [2.75, 3.05) is 45.0 Å². The molecule has 2 aliphatic heterocycles. The van der Waals surface area contributed by atoms with Crippen LogP contribution in [0.2, 0.25) is 0 Å². The van der Waals surface area contributed by atoms with Crippen LogP contribution in [0.25, 0.3) is 0 Å². The van der Waals surface area contributed by atoms with Crippen molar-refractivity contribution in [1.29, 1.82) is 0 Å². The number of piperazine rings is 1. The maximum absolute atomic E-state index is 12.9. The van der Waals surface area contributed by atoms with Crippen LogP contribution in [-0.4, -0.2) is 89.7 Å². The molecule has 9 nitrogen and oxygen atoms in total. The van der Waals surface area contributed by atoms with Gasteiger partial charge in [-0.15, -0.1) is 0 Å². The largest absolute Gasteiger partial charge is 0.351 e. The molecule has 0 atom stereocenters. The Bertz CT molecular complexity index is 1190. The number of carbonyl (C=O) groups is 3. The average molecular weight is 473 g/mol. The van der Waals surface area contributed by atoms with E-state index in [2.05, 4.69) is 0 Å². The van der Waals surface area contributed by atoms with Gasteiger partial charge in [0, 0.05) is 56.7 Å². The Hall–Kier alpha value is -2.82. The minimum Gasteiger partial charge on any atom is -0.351 e. The van der Waals surface area contributed by atoms with Gasteiger partial charge in [-0.05, 0) is 32.0 Å². The lowest BCUT2D eigenvalue weighted by atomic mass is 10.1. The summed E-state index contributed by atoms with van der Waals surface area (Å²) in [7, 11) is -1.72. The van der Waals surface area contributed by atoms with E-state index in [1.165, 1.54) is 4.31 Å². The molecule has 3 heterocycles. The summed E-state index contributed by atoms with van der Waals surface area (Å²) in [6.07, 6.45) is 0. The SMILES string of the molecule is Cc1cc(C(=O)CN2CCN(S(=O)(=O)CCN3C(=O)c4ccccc4C3=O)CC2)c(C)n1C. The molecular weight excluding hydrogens is 444 g/mol. The van der Waals surface area contributed by atoms with Crippen molar-refractivity contribution in [2.24, 2.45) is 7.05 Å². The number of nitrogens with zero attached hydrogens (tertiary/aromatic N) is 4. The Kier molecular flexibility index (Phi) is 6.26. The Morgan fingerprint density at radius 3 is 2.06 bits per heavy atom. The molecule has 176 valence electrons. The van der Waals surface area contributed by atoms with Gasteiger partial charge < -0.3 is 4.57 Å². The fourth-order valence-electron chi connectivity index (χ4n) is 4.37. The molecule has 10 heteroatoms. The lowest BCUT2D eigenvalue weighted by molar-refractivity contribution is 0.0663. The number of hydrogen-bond donors (Lipinski definition) is 0. The van der Waals surface area contributed by atoms with Gasteiger partial charge in [0.05, 0.1) is 23.4 Å². The van der Waals surface area contributed by atoms with E-state index >= 15 is 0 Å². The summed E-state index contributed by atoms with van der Waals surface area (Å²) < 4.78 is 29.1. The van der Waals surface area contributed by atoms with Gasteiger partial charge in [-0.3, -0.25) is 24.2 Å². The number of aromatic nitrogens is 1. The summed E-state index contributed by atoms with van der Waals surface area (Å²) in [6.45, 7) is 5.36. The summed E-state index contributed by atoms with van der Waals surface area (Å²) in [5.41, 5.74) is 3.26. The molecule has 0 saturated carbocycles. The van der Waals surface area contributed by atoms with Gasteiger partial charge in [-0.25, -0.2) is 8.42 Å². The van der Waals surface area contributed by atoms with E-state index in [1.807, 2.05) is 36.4 Å². The van der Waals surface area contributed by atoms with Crippen LogP contribution in [0.1, 0.15) is 42.5 Å². The van der Waals surface area contributed by atoms with E-state index in [4.69, 9.17) is 0 Å². The van der Waals surface area contributed by atoms with E-state index in [9.17, 15) is 22.8 Å². The van der Waals surface area contributed by atoms with Gasteiger partial charge in [0.15, 0.2) is 5.78 Å². The van der Waals surface area contributed by atoms with Crippen molar-refractivity contribution in [3.05, 3.63) is 58.4 Å². The molecule has 0 unspecified atom stereocenters. The first-order valence-electron chi connectivity index (χ1n) is 10.9. The van der Waals surface area contributed by atoms with Gasteiger partial charge in [-0.1, -0.05) is 12.1 Å². The van der Waals surface area contributed by atoms with E-state index in [-0.39, 0.29) is 37.7 Å². The average Bonchev–Trinajstić information content (AvgIpc) is 3.20. The molecule has 0 N–H and O–H groups in total. The van der Waals surface area contributed by atoms with Crippen molar-refractivity contribution >= 4 is 27.6 Å². The molecule has 1 aromatic heterocycles. The fourth-order valence-corrected chi connectivity index (χ4v) is 5.76.